The average Bonchev–Trinajstić information content (AvgIpc) is 3.12. The molecule has 3 rings (SSSR count). The molecule has 0 saturated carbocycles. The van der Waals surface area contributed by atoms with Crippen molar-refractivity contribution < 1.29 is 27.4 Å². The zero-order valence-corrected chi connectivity index (χ0v) is 15.7. The van der Waals surface area contributed by atoms with Crippen LogP contribution in [0.5, 0.6) is 11.5 Å². The molecule has 0 aliphatic carbocycles. The van der Waals surface area contributed by atoms with E-state index in [1.54, 1.807) is 11.4 Å². The van der Waals surface area contributed by atoms with Crippen molar-refractivity contribution in [1.82, 2.24) is 0 Å². The quantitative estimate of drug-likeness (QED) is 0.505. The third-order valence-electron chi connectivity index (χ3n) is 3.50. The van der Waals surface area contributed by atoms with Gasteiger partial charge in [-0.1, -0.05) is 11.6 Å². The molecule has 28 heavy (non-hydrogen) atoms. The van der Waals surface area contributed by atoms with Crippen molar-refractivity contribution >= 4 is 34.5 Å². The Morgan fingerprint density at radius 3 is 2.57 bits per heavy atom. The molecule has 0 aliphatic heterocycles. The number of amides is 1. The van der Waals surface area contributed by atoms with Crippen LogP contribution >= 0.6 is 22.9 Å². The molecule has 0 radical (unpaired) electrons. The number of carbonyl (C=O) groups is 1. The van der Waals surface area contributed by atoms with E-state index in [-0.39, 0.29) is 29.1 Å². The summed E-state index contributed by atoms with van der Waals surface area (Å²) in [5, 5.41) is 4.36. The summed E-state index contributed by atoms with van der Waals surface area (Å²) < 4.78 is 47.2. The number of nitrogens with one attached hydrogen (secondary N) is 1. The van der Waals surface area contributed by atoms with E-state index in [9.17, 15) is 18.0 Å². The molecule has 0 fully saturated rings. The predicted octanol–water partition coefficient (Wildman–Crippen LogP) is 5.97. The van der Waals surface area contributed by atoms with Crippen molar-refractivity contribution in [3.63, 3.8) is 0 Å². The molecule has 9 heteroatoms. The number of thiophene rings is 1. The number of ether oxygens (including phenoxy) is 2. The van der Waals surface area contributed by atoms with Gasteiger partial charge in [0.15, 0.2) is 0 Å². The Hall–Kier alpha value is -2.71. The Morgan fingerprint density at radius 1 is 1.14 bits per heavy atom. The van der Waals surface area contributed by atoms with Crippen molar-refractivity contribution in [2.24, 2.45) is 0 Å². The highest BCUT2D eigenvalue weighted by atomic mass is 35.5. The van der Waals surface area contributed by atoms with Crippen LogP contribution in [-0.4, -0.2) is 12.5 Å². The average molecular weight is 428 g/mol. The van der Waals surface area contributed by atoms with Gasteiger partial charge in [0.2, 0.25) is 0 Å². The fraction of sp³-hybridized carbons (Fsp3) is 0.105. The van der Waals surface area contributed by atoms with Crippen LogP contribution in [0.3, 0.4) is 0 Å². The van der Waals surface area contributed by atoms with Crippen LogP contribution in [0, 0.1) is 5.82 Å². The van der Waals surface area contributed by atoms with E-state index >= 15 is 0 Å². The second-order valence-electron chi connectivity index (χ2n) is 5.54. The smallest absolute Gasteiger partial charge is 0.387 e. The van der Waals surface area contributed by atoms with E-state index in [2.05, 4.69) is 10.1 Å². The van der Waals surface area contributed by atoms with Crippen molar-refractivity contribution in [1.29, 1.82) is 0 Å². The number of carbonyl (C=O) groups excluding carboxylic acids is 1. The summed E-state index contributed by atoms with van der Waals surface area (Å²) in [6, 6.07) is 11.3. The minimum Gasteiger partial charge on any atom is -0.489 e. The molecule has 3 aromatic rings. The first-order valence-corrected chi connectivity index (χ1v) is 9.18. The Bertz CT molecular complexity index is 963. The summed E-state index contributed by atoms with van der Waals surface area (Å²) in [7, 11) is 0. The van der Waals surface area contributed by atoms with E-state index in [0.717, 1.165) is 5.56 Å². The first-order valence-electron chi connectivity index (χ1n) is 7.92. The molecule has 1 aromatic heterocycles. The fourth-order valence-electron chi connectivity index (χ4n) is 2.23. The zero-order chi connectivity index (χ0) is 20.1. The first-order chi connectivity index (χ1) is 13.4. The number of halogens is 4. The molecule has 1 amide bonds. The van der Waals surface area contributed by atoms with Crippen LogP contribution in [0.25, 0.3) is 0 Å². The second-order valence-corrected chi connectivity index (χ2v) is 6.86. The number of benzene rings is 2. The normalized spacial score (nSPS) is 10.8. The molecule has 0 spiro atoms. The van der Waals surface area contributed by atoms with Crippen LogP contribution < -0.4 is 14.8 Å². The maximum absolute atomic E-state index is 12.9. The number of alkyl halides is 2. The van der Waals surface area contributed by atoms with Crippen LogP contribution in [-0.2, 0) is 6.61 Å². The van der Waals surface area contributed by atoms with Gasteiger partial charge >= 0.3 is 6.61 Å². The molecule has 0 unspecified atom stereocenters. The molecular formula is C19H13ClF3NO3S. The Balaban J connectivity index is 1.59. The van der Waals surface area contributed by atoms with Gasteiger partial charge in [-0.15, -0.1) is 11.3 Å². The van der Waals surface area contributed by atoms with Gasteiger partial charge in [0, 0.05) is 11.3 Å². The lowest BCUT2D eigenvalue weighted by Gasteiger charge is -2.09. The summed E-state index contributed by atoms with van der Waals surface area (Å²) in [4.78, 5) is 12.8. The van der Waals surface area contributed by atoms with Gasteiger partial charge < -0.3 is 14.8 Å². The lowest BCUT2D eigenvalue weighted by Crippen LogP contribution is -2.10. The zero-order valence-electron chi connectivity index (χ0n) is 14.1. The maximum Gasteiger partial charge on any atom is 0.387 e. The van der Waals surface area contributed by atoms with Crippen molar-refractivity contribution in [3.8, 4) is 11.5 Å². The van der Waals surface area contributed by atoms with E-state index in [1.165, 1.54) is 53.8 Å². The molecule has 0 bridgehead atoms. The summed E-state index contributed by atoms with van der Waals surface area (Å²) in [6.07, 6.45) is 0. The third-order valence-corrected chi connectivity index (χ3v) is 4.78. The van der Waals surface area contributed by atoms with Crippen LogP contribution in [0.15, 0.2) is 53.9 Å². The Kier molecular flexibility index (Phi) is 6.43. The van der Waals surface area contributed by atoms with Crippen LogP contribution in [0.4, 0.5) is 18.9 Å². The Labute approximate surface area is 167 Å². The van der Waals surface area contributed by atoms with Gasteiger partial charge in [0.1, 0.15) is 23.9 Å². The SMILES string of the molecule is O=C(Nc1ccc(OC(F)F)c(Cl)c1)c1cc(COc2ccc(F)cc2)cs1. The highest BCUT2D eigenvalue weighted by molar-refractivity contribution is 7.12. The van der Waals surface area contributed by atoms with Crippen molar-refractivity contribution in [3.05, 3.63) is 75.2 Å². The van der Waals surface area contributed by atoms with Gasteiger partial charge in [-0.25, -0.2) is 4.39 Å². The fourth-order valence-corrected chi connectivity index (χ4v) is 3.25. The van der Waals surface area contributed by atoms with Gasteiger partial charge in [-0.05, 0) is 53.9 Å². The molecule has 0 atom stereocenters. The molecule has 1 N–H and O–H groups in total. The lowest BCUT2D eigenvalue weighted by molar-refractivity contribution is -0.0497. The van der Waals surface area contributed by atoms with E-state index in [0.29, 0.717) is 16.3 Å². The molecule has 2 aromatic carbocycles. The third kappa shape index (κ3) is 5.40. The first kappa shape index (κ1) is 20.0. The van der Waals surface area contributed by atoms with Gasteiger partial charge in [-0.2, -0.15) is 8.78 Å². The maximum atomic E-state index is 12.9. The standard InChI is InChI=1S/C19H13ClF3NO3S/c20-15-8-13(3-6-16(15)27-19(22)23)24-18(25)17-7-11(10-28-17)9-26-14-4-1-12(21)2-5-14/h1-8,10,19H,9H2,(H,24,25). The molecule has 0 saturated heterocycles. The summed E-state index contributed by atoms with van der Waals surface area (Å²) in [5.41, 5.74) is 1.12. The van der Waals surface area contributed by atoms with Gasteiger partial charge in [0.05, 0.1) is 9.90 Å². The molecule has 4 nitrogen and oxygen atoms in total. The monoisotopic (exact) mass is 427 g/mol. The minimum atomic E-state index is -2.99. The number of hydrogen-bond donors (Lipinski definition) is 1. The lowest BCUT2D eigenvalue weighted by atomic mass is 10.2. The summed E-state index contributed by atoms with van der Waals surface area (Å²) in [5.74, 6) is -0.391. The van der Waals surface area contributed by atoms with E-state index < -0.39 is 6.61 Å². The van der Waals surface area contributed by atoms with Crippen molar-refractivity contribution in [2.45, 2.75) is 13.2 Å². The minimum absolute atomic E-state index is 0.0438. The van der Waals surface area contributed by atoms with Crippen molar-refractivity contribution in [2.75, 3.05) is 5.32 Å². The molecule has 0 aliphatic rings. The number of hydrogen-bond acceptors (Lipinski definition) is 4. The summed E-state index contributed by atoms with van der Waals surface area (Å²) >= 11 is 7.09. The topological polar surface area (TPSA) is 47.6 Å². The molecular weight excluding hydrogens is 415 g/mol. The Morgan fingerprint density at radius 2 is 1.89 bits per heavy atom. The number of rotatable bonds is 7. The van der Waals surface area contributed by atoms with E-state index in [4.69, 9.17) is 16.3 Å². The summed E-state index contributed by atoms with van der Waals surface area (Å²) in [6.45, 7) is -2.76. The van der Waals surface area contributed by atoms with E-state index in [1.807, 2.05) is 0 Å². The van der Waals surface area contributed by atoms with Crippen LogP contribution in [0.2, 0.25) is 5.02 Å². The number of anilines is 1. The van der Waals surface area contributed by atoms with Crippen LogP contribution in [0.1, 0.15) is 15.2 Å². The predicted molar refractivity (Wildman–Crippen MR) is 101 cm³/mol. The highest BCUT2D eigenvalue weighted by Gasteiger charge is 2.13. The largest absolute Gasteiger partial charge is 0.489 e. The molecule has 146 valence electrons. The van der Waals surface area contributed by atoms with Gasteiger partial charge in [-0.3, -0.25) is 4.79 Å². The molecule has 1 heterocycles. The second kappa shape index (κ2) is 8.99. The van der Waals surface area contributed by atoms with Gasteiger partial charge in [0.25, 0.3) is 5.91 Å². The highest BCUT2D eigenvalue weighted by Crippen LogP contribution is 2.29.